The highest BCUT2D eigenvalue weighted by molar-refractivity contribution is 8.00. The lowest BCUT2D eigenvalue weighted by Gasteiger charge is -2.16. The molecule has 1 N–H and O–H groups in total. The smallest absolute Gasteiger partial charge is 0.257 e. The van der Waals surface area contributed by atoms with Crippen LogP contribution in [-0.4, -0.2) is 28.2 Å². The first-order valence-electron chi connectivity index (χ1n) is 8.84. The van der Waals surface area contributed by atoms with Crippen LogP contribution in [0.4, 0.5) is 11.5 Å². The number of halogens is 2. The zero-order valence-electron chi connectivity index (χ0n) is 15.1. The van der Waals surface area contributed by atoms with Gasteiger partial charge in [-0.3, -0.25) is 9.78 Å². The van der Waals surface area contributed by atoms with Gasteiger partial charge >= 0.3 is 0 Å². The summed E-state index contributed by atoms with van der Waals surface area (Å²) in [5.41, 5.74) is 0.838. The van der Waals surface area contributed by atoms with Crippen LogP contribution in [0.15, 0.2) is 55.0 Å². The van der Waals surface area contributed by atoms with Crippen molar-refractivity contribution in [1.29, 1.82) is 0 Å². The van der Waals surface area contributed by atoms with E-state index in [1.165, 1.54) is 6.20 Å². The van der Waals surface area contributed by atoms with Gasteiger partial charge < -0.3 is 14.4 Å². The van der Waals surface area contributed by atoms with Crippen LogP contribution in [0.2, 0.25) is 10.0 Å². The van der Waals surface area contributed by atoms with Crippen molar-refractivity contribution in [1.82, 2.24) is 9.97 Å². The van der Waals surface area contributed by atoms with Crippen LogP contribution in [0.1, 0.15) is 16.8 Å². The maximum Gasteiger partial charge on any atom is 0.257 e. The molecular formula is C20H16Cl2N4O2S. The van der Waals surface area contributed by atoms with Crippen molar-refractivity contribution in [2.75, 3.05) is 21.9 Å². The molecule has 6 nitrogen and oxygen atoms in total. The highest BCUT2D eigenvalue weighted by Gasteiger charge is 2.19. The molecule has 1 aliphatic rings. The van der Waals surface area contributed by atoms with E-state index >= 15 is 0 Å². The van der Waals surface area contributed by atoms with Gasteiger partial charge in [0.2, 0.25) is 0 Å². The summed E-state index contributed by atoms with van der Waals surface area (Å²) < 4.78 is 7.82. The quantitative estimate of drug-likeness (QED) is 0.507. The molecule has 0 unspecified atom stereocenters. The predicted octanol–water partition coefficient (Wildman–Crippen LogP) is 5.69. The van der Waals surface area contributed by atoms with Gasteiger partial charge in [0.05, 0.1) is 16.8 Å². The van der Waals surface area contributed by atoms with E-state index in [1.807, 2.05) is 0 Å². The van der Waals surface area contributed by atoms with Crippen LogP contribution in [0.3, 0.4) is 0 Å². The fourth-order valence-electron chi connectivity index (χ4n) is 2.80. The minimum atomic E-state index is -0.350. The Bertz CT molecular complexity index is 1030. The molecule has 0 atom stereocenters. The van der Waals surface area contributed by atoms with E-state index < -0.39 is 0 Å². The van der Waals surface area contributed by atoms with Gasteiger partial charge in [0.1, 0.15) is 17.3 Å². The summed E-state index contributed by atoms with van der Waals surface area (Å²) in [6.45, 7) is 0.893. The molecule has 1 aromatic carbocycles. The number of anilines is 2. The van der Waals surface area contributed by atoms with Crippen molar-refractivity contribution in [2.24, 2.45) is 0 Å². The lowest BCUT2D eigenvalue weighted by Crippen LogP contribution is -2.16. The molecule has 4 rings (SSSR count). The van der Waals surface area contributed by atoms with Gasteiger partial charge in [-0.2, -0.15) is 0 Å². The molecule has 3 aromatic rings. The first-order valence-corrected chi connectivity index (χ1v) is 10.5. The van der Waals surface area contributed by atoms with Crippen LogP contribution in [0.5, 0.6) is 11.5 Å². The van der Waals surface area contributed by atoms with E-state index in [-0.39, 0.29) is 10.9 Å². The second kappa shape index (κ2) is 8.90. The van der Waals surface area contributed by atoms with E-state index in [1.54, 1.807) is 60.7 Å². The van der Waals surface area contributed by atoms with E-state index in [4.69, 9.17) is 27.9 Å². The normalized spacial score (nSPS) is 13.4. The Hall–Kier alpha value is -2.48. The Balaban J connectivity index is 1.54. The molecule has 1 saturated heterocycles. The second-order valence-corrected chi connectivity index (χ2v) is 8.18. The average molecular weight is 447 g/mol. The first-order chi connectivity index (χ1) is 14.1. The highest BCUT2D eigenvalue weighted by Crippen LogP contribution is 2.31. The largest absolute Gasteiger partial charge is 0.456 e. The van der Waals surface area contributed by atoms with Crippen molar-refractivity contribution >= 4 is 52.6 Å². The fraction of sp³-hybridized carbons (Fsp3) is 0.150. The van der Waals surface area contributed by atoms with E-state index in [0.29, 0.717) is 33.6 Å². The molecule has 9 heteroatoms. The van der Waals surface area contributed by atoms with Gasteiger partial charge in [-0.15, -0.1) is 0 Å². The van der Waals surface area contributed by atoms with Gasteiger partial charge in [0.25, 0.3) is 5.91 Å². The van der Waals surface area contributed by atoms with Crippen LogP contribution in [-0.2, 0) is 0 Å². The van der Waals surface area contributed by atoms with Crippen molar-refractivity contribution in [2.45, 2.75) is 6.42 Å². The minimum Gasteiger partial charge on any atom is -0.456 e. The molecule has 3 heterocycles. The average Bonchev–Trinajstić information content (AvgIpc) is 3.23. The molecule has 0 saturated carbocycles. The van der Waals surface area contributed by atoms with Crippen LogP contribution >= 0.6 is 35.1 Å². The van der Waals surface area contributed by atoms with Gasteiger partial charge in [-0.25, -0.2) is 4.98 Å². The minimum absolute atomic E-state index is 0.282. The lowest BCUT2D eigenvalue weighted by molar-refractivity contribution is 0.102. The third-order valence-corrected chi connectivity index (χ3v) is 5.76. The third kappa shape index (κ3) is 4.93. The molecule has 2 aromatic heterocycles. The van der Waals surface area contributed by atoms with Gasteiger partial charge in [0.15, 0.2) is 0 Å². The zero-order chi connectivity index (χ0) is 20.2. The summed E-state index contributed by atoms with van der Waals surface area (Å²) in [5.74, 6) is 2.45. The van der Waals surface area contributed by atoms with Crippen molar-refractivity contribution in [3.05, 3.63) is 70.6 Å². The molecule has 0 spiro atoms. The van der Waals surface area contributed by atoms with Gasteiger partial charge in [-0.1, -0.05) is 23.2 Å². The number of hydrogen-bond acceptors (Lipinski definition) is 6. The standard InChI is InChI=1S/C20H16Cl2N4O2S/c21-13-7-14(9-16(8-13)28-15-3-1-4-23-11-15)25-20(27)17-10-19(24-12-18(17)22)26-5-2-6-29-26/h1,3-4,7-12H,2,5-6H2,(H,25,27). The Morgan fingerprint density at radius 2 is 2.07 bits per heavy atom. The van der Waals surface area contributed by atoms with E-state index in [9.17, 15) is 4.79 Å². The predicted molar refractivity (Wildman–Crippen MR) is 117 cm³/mol. The lowest BCUT2D eigenvalue weighted by atomic mass is 10.2. The van der Waals surface area contributed by atoms with Crippen molar-refractivity contribution in [3.8, 4) is 11.5 Å². The third-order valence-electron chi connectivity index (χ3n) is 4.09. The summed E-state index contributed by atoms with van der Waals surface area (Å²) in [4.78, 5) is 21.2. The molecule has 29 heavy (non-hydrogen) atoms. The molecular weight excluding hydrogens is 431 g/mol. The maximum absolute atomic E-state index is 12.8. The summed E-state index contributed by atoms with van der Waals surface area (Å²) in [7, 11) is 0. The molecule has 1 aliphatic heterocycles. The number of rotatable bonds is 5. The molecule has 1 amide bonds. The number of nitrogens with zero attached hydrogens (tertiary/aromatic N) is 3. The van der Waals surface area contributed by atoms with Crippen LogP contribution in [0.25, 0.3) is 0 Å². The highest BCUT2D eigenvalue weighted by atomic mass is 35.5. The molecule has 0 bridgehead atoms. The molecule has 148 valence electrons. The van der Waals surface area contributed by atoms with E-state index in [0.717, 1.165) is 18.7 Å². The van der Waals surface area contributed by atoms with Crippen molar-refractivity contribution in [3.63, 3.8) is 0 Å². The van der Waals surface area contributed by atoms with Crippen LogP contribution < -0.4 is 14.4 Å². The number of pyridine rings is 2. The summed E-state index contributed by atoms with van der Waals surface area (Å²) in [6.07, 6.45) is 5.83. The maximum atomic E-state index is 12.8. The molecule has 0 radical (unpaired) electrons. The zero-order valence-corrected chi connectivity index (χ0v) is 17.5. The Labute approximate surface area is 182 Å². The molecule has 0 aliphatic carbocycles. The van der Waals surface area contributed by atoms with Gasteiger partial charge in [-0.05, 0) is 48.7 Å². The summed E-state index contributed by atoms with van der Waals surface area (Å²) >= 11 is 14.1. The number of carbonyl (C=O) groups is 1. The van der Waals surface area contributed by atoms with Crippen molar-refractivity contribution < 1.29 is 9.53 Å². The first kappa shape index (κ1) is 19.8. The monoisotopic (exact) mass is 446 g/mol. The number of aromatic nitrogens is 2. The number of benzene rings is 1. The Morgan fingerprint density at radius 1 is 1.17 bits per heavy atom. The number of ether oxygens (including phenoxy) is 1. The summed E-state index contributed by atoms with van der Waals surface area (Å²) in [5, 5.41) is 3.54. The number of hydrogen-bond donors (Lipinski definition) is 1. The number of amides is 1. The topological polar surface area (TPSA) is 67.3 Å². The van der Waals surface area contributed by atoms with E-state index in [2.05, 4.69) is 19.6 Å². The van der Waals surface area contributed by atoms with Crippen LogP contribution in [0, 0.1) is 0 Å². The number of nitrogens with one attached hydrogen (secondary N) is 1. The number of carbonyl (C=O) groups excluding carboxylic acids is 1. The molecule has 1 fully saturated rings. The fourth-order valence-corrected chi connectivity index (χ4v) is 4.19. The SMILES string of the molecule is O=C(Nc1cc(Cl)cc(Oc2cccnc2)c1)c1cc(N2CCCS2)ncc1Cl. The Kier molecular flexibility index (Phi) is 6.08. The summed E-state index contributed by atoms with van der Waals surface area (Å²) in [6, 6.07) is 10.2. The van der Waals surface area contributed by atoms with Gasteiger partial charge in [0, 0.05) is 41.5 Å². The Morgan fingerprint density at radius 3 is 2.83 bits per heavy atom. The second-order valence-electron chi connectivity index (χ2n) is 6.23.